The van der Waals surface area contributed by atoms with Gasteiger partial charge in [-0.05, 0) is 68.3 Å². The lowest BCUT2D eigenvalue weighted by molar-refractivity contribution is -0.138. The molecule has 29 heavy (non-hydrogen) atoms. The number of nitrogens with two attached hydrogens (primary N) is 2. The third-order valence-corrected chi connectivity index (χ3v) is 5.37. The number of carbonyl (C=O) groups is 1. The van der Waals surface area contributed by atoms with Gasteiger partial charge in [-0.15, -0.1) is 0 Å². The topological polar surface area (TPSA) is 107 Å². The molecule has 1 fully saturated rings. The van der Waals surface area contributed by atoms with Gasteiger partial charge in [-0.1, -0.05) is 0 Å². The number of hydrogen-bond donors (Lipinski definition) is 3. The second-order valence-corrected chi connectivity index (χ2v) is 7.36. The van der Waals surface area contributed by atoms with Crippen molar-refractivity contribution < 1.29 is 18.0 Å². The number of alkyl halides is 3. The first-order valence-corrected chi connectivity index (χ1v) is 9.57. The Morgan fingerprint density at radius 3 is 2.45 bits per heavy atom. The van der Waals surface area contributed by atoms with Crippen LogP contribution in [0.25, 0.3) is 0 Å². The molecule has 6 nitrogen and oxygen atoms in total. The number of nitrogen functional groups attached to an aromatic ring is 1. The minimum absolute atomic E-state index is 0.109. The van der Waals surface area contributed by atoms with E-state index in [1.807, 2.05) is 0 Å². The largest absolute Gasteiger partial charge is 0.418 e. The van der Waals surface area contributed by atoms with Crippen molar-refractivity contribution in [1.82, 2.24) is 9.97 Å². The van der Waals surface area contributed by atoms with Crippen LogP contribution < -0.4 is 16.8 Å². The Morgan fingerprint density at radius 1 is 1.14 bits per heavy atom. The maximum Gasteiger partial charge on any atom is 0.418 e. The molecule has 1 saturated carbocycles. The van der Waals surface area contributed by atoms with Crippen molar-refractivity contribution in [1.29, 1.82) is 0 Å². The van der Waals surface area contributed by atoms with E-state index in [9.17, 15) is 18.0 Å². The van der Waals surface area contributed by atoms with E-state index in [0.29, 0.717) is 24.9 Å². The van der Waals surface area contributed by atoms with Crippen molar-refractivity contribution in [2.24, 2.45) is 17.6 Å². The summed E-state index contributed by atoms with van der Waals surface area (Å²) in [6.45, 7) is 1.27. The van der Waals surface area contributed by atoms with Crippen molar-refractivity contribution in [2.45, 2.75) is 31.9 Å². The maximum absolute atomic E-state index is 13.4. The van der Waals surface area contributed by atoms with Gasteiger partial charge in [0.25, 0.3) is 0 Å². The van der Waals surface area contributed by atoms with Gasteiger partial charge in [-0.2, -0.15) is 13.2 Å². The number of aromatic nitrogens is 2. The van der Waals surface area contributed by atoms with E-state index in [1.165, 1.54) is 24.4 Å². The summed E-state index contributed by atoms with van der Waals surface area (Å²) in [7, 11) is 0. The maximum atomic E-state index is 13.4. The third kappa shape index (κ3) is 5.03. The van der Waals surface area contributed by atoms with Crippen LogP contribution in [-0.2, 0) is 6.18 Å². The molecule has 0 radical (unpaired) electrons. The molecule has 0 atom stereocenters. The number of ketones is 1. The molecule has 0 saturated heterocycles. The second kappa shape index (κ2) is 8.77. The third-order valence-electron chi connectivity index (χ3n) is 5.37. The summed E-state index contributed by atoms with van der Waals surface area (Å²) in [5.41, 5.74) is 9.48. The number of hydrogen-bond acceptors (Lipinski definition) is 6. The Labute approximate surface area is 166 Å². The summed E-state index contributed by atoms with van der Waals surface area (Å²) in [4.78, 5) is 20.5. The van der Waals surface area contributed by atoms with Crippen molar-refractivity contribution in [3.8, 4) is 0 Å². The first-order valence-electron chi connectivity index (χ1n) is 9.57. The number of halogens is 3. The molecule has 1 aliphatic rings. The van der Waals surface area contributed by atoms with Crippen molar-refractivity contribution in [3.05, 3.63) is 47.3 Å². The van der Waals surface area contributed by atoms with Gasteiger partial charge in [-0.3, -0.25) is 4.79 Å². The molecule has 2 aromatic heterocycles. The fourth-order valence-corrected chi connectivity index (χ4v) is 3.62. The normalized spacial score (nSPS) is 19.7. The van der Waals surface area contributed by atoms with E-state index >= 15 is 0 Å². The highest BCUT2D eigenvalue weighted by Gasteiger charge is 2.37. The Hall–Kier alpha value is -2.68. The molecule has 0 unspecified atom stereocenters. The smallest absolute Gasteiger partial charge is 0.383 e. The summed E-state index contributed by atoms with van der Waals surface area (Å²) >= 11 is 0. The molecule has 0 amide bonds. The van der Waals surface area contributed by atoms with Crippen molar-refractivity contribution in [2.75, 3.05) is 24.1 Å². The lowest BCUT2D eigenvalue weighted by Gasteiger charge is -2.27. The lowest BCUT2D eigenvalue weighted by atomic mass is 9.82. The van der Waals surface area contributed by atoms with Crippen LogP contribution in [0.2, 0.25) is 0 Å². The Kier molecular flexibility index (Phi) is 6.36. The van der Waals surface area contributed by atoms with Crippen LogP contribution in [0.3, 0.4) is 0 Å². The van der Waals surface area contributed by atoms with Crippen LogP contribution in [0.1, 0.15) is 47.3 Å². The quantitative estimate of drug-likeness (QED) is 0.633. The first kappa shape index (κ1) is 21.0. The number of nitrogens with one attached hydrogen (secondary N) is 1. The Balaban J connectivity index is 1.81. The summed E-state index contributed by atoms with van der Waals surface area (Å²) < 4.78 is 40.3. The second-order valence-electron chi connectivity index (χ2n) is 7.36. The van der Waals surface area contributed by atoms with Gasteiger partial charge in [-0.25, -0.2) is 9.97 Å². The molecule has 156 valence electrons. The molecule has 0 spiro atoms. The van der Waals surface area contributed by atoms with Crippen LogP contribution in [-0.4, -0.2) is 28.8 Å². The summed E-state index contributed by atoms with van der Waals surface area (Å²) in [6.07, 6.45) is 0.761. The zero-order valence-electron chi connectivity index (χ0n) is 15.9. The average molecular weight is 407 g/mol. The standard InChI is InChI=1S/C20H24F3N5O/c21-20(22,23)15-7-8-16(27-11-13-5-3-12(10-24)4-6-13)28-17(15)18(29)14-2-1-9-26-19(14)25/h1-2,7-9,12-13H,3-6,10-11,24H2,(H2,25,26)(H,27,28). The van der Waals surface area contributed by atoms with Crippen LogP contribution >= 0.6 is 0 Å². The summed E-state index contributed by atoms with van der Waals surface area (Å²) in [5, 5.41) is 3.08. The highest BCUT2D eigenvalue weighted by molar-refractivity contribution is 6.11. The molecule has 0 bridgehead atoms. The number of anilines is 2. The van der Waals surface area contributed by atoms with E-state index < -0.39 is 23.2 Å². The van der Waals surface area contributed by atoms with Gasteiger partial charge in [0, 0.05) is 12.7 Å². The van der Waals surface area contributed by atoms with Crippen LogP contribution in [0, 0.1) is 11.8 Å². The Bertz CT molecular complexity index is 863. The molecule has 5 N–H and O–H groups in total. The van der Waals surface area contributed by atoms with Crippen LogP contribution in [0.4, 0.5) is 24.8 Å². The number of carbonyl (C=O) groups excluding carboxylic acids is 1. The van der Waals surface area contributed by atoms with E-state index in [1.54, 1.807) is 0 Å². The van der Waals surface area contributed by atoms with Crippen LogP contribution in [0.5, 0.6) is 0 Å². The summed E-state index contributed by atoms with van der Waals surface area (Å²) in [6, 6.07) is 4.90. The van der Waals surface area contributed by atoms with Crippen molar-refractivity contribution in [3.63, 3.8) is 0 Å². The van der Waals surface area contributed by atoms with E-state index in [2.05, 4.69) is 15.3 Å². The lowest BCUT2D eigenvalue weighted by Crippen LogP contribution is -2.25. The monoisotopic (exact) mass is 407 g/mol. The molecule has 0 aliphatic heterocycles. The Morgan fingerprint density at radius 2 is 1.83 bits per heavy atom. The van der Waals surface area contributed by atoms with E-state index in [-0.39, 0.29) is 17.2 Å². The van der Waals surface area contributed by atoms with Gasteiger partial charge >= 0.3 is 6.18 Å². The highest BCUT2D eigenvalue weighted by Crippen LogP contribution is 2.34. The van der Waals surface area contributed by atoms with Gasteiger partial charge in [0.05, 0.1) is 11.1 Å². The van der Waals surface area contributed by atoms with Crippen LogP contribution in [0.15, 0.2) is 30.5 Å². The SMILES string of the molecule is NCC1CCC(CNc2ccc(C(F)(F)F)c(C(=O)c3cccnc3N)n2)CC1. The fourth-order valence-electron chi connectivity index (χ4n) is 3.62. The molecular formula is C20H24F3N5O. The van der Waals surface area contributed by atoms with Gasteiger partial charge in [0.1, 0.15) is 17.3 Å². The molecular weight excluding hydrogens is 383 g/mol. The van der Waals surface area contributed by atoms with Gasteiger partial charge in [0.2, 0.25) is 5.78 Å². The zero-order chi connectivity index (χ0) is 21.0. The molecule has 2 heterocycles. The van der Waals surface area contributed by atoms with Gasteiger partial charge in [0.15, 0.2) is 0 Å². The molecule has 0 aromatic carbocycles. The molecule has 9 heteroatoms. The number of pyridine rings is 2. The zero-order valence-corrected chi connectivity index (χ0v) is 15.9. The molecule has 2 aromatic rings. The van der Waals surface area contributed by atoms with Gasteiger partial charge < -0.3 is 16.8 Å². The highest BCUT2D eigenvalue weighted by atomic mass is 19.4. The first-order chi connectivity index (χ1) is 13.8. The average Bonchev–Trinajstić information content (AvgIpc) is 2.71. The minimum Gasteiger partial charge on any atom is -0.383 e. The minimum atomic E-state index is -4.71. The summed E-state index contributed by atoms with van der Waals surface area (Å²) in [5.74, 6) is 0.127. The predicted octanol–water partition coefficient (Wildman–Crippen LogP) is 3.49. The fraction of sp³-hybridized carbons (Fsp3) is 0.450. The predicted molar refractivity (Wildman–Crippen MR) is 104 cm³/mol. The van der Waals surface area contributed by atoms with E-state index in [0.717, 1.165) is 31.7 Å². The molecule has 1 aliphatic carbocycles. The number of rotatable bonds is 6. The molecule has 3 rings (SSSR count). The van der Waals surface area contributed by atoms with Crippen molar-refractivity contribution >= 4 is 17.4 Å². The number of nitrogens with zero attached hydrogens (tertiary/aromatic N) is 2. The van der Waals surface area contributed by atoms with E-state index in [4.69, 9.17) is 11.5 Å².